The summed E-state index contributed by atoms with van der Waals surface area (Å²) in [6, 6.07) is 5.74. The number of fused-ring (bicyclic) bond motifs is 1. The number of amides is 2. The van der Waals surface area contributed by atoms with Crippen LogP contribution in [0.15, 0.2) is 36.7 Å². The number of nitrogens with zero attached hydrogens (tertiary/aromatic N) is 3. The summed E-state index contributed by atoms with van der Waals surface area (Å²) in [6.07, 6.45) is 6.77. The van der Waals surface area contributed by atoms with Crippen molar-refractivity contribution >= 4 is 23.1 Å². The second-order valence-corrected chi connectivity index (χ2v) is 7.21. The van der Waals surface area contributed by atoms with Crippen LogP contribution in [0.2, 0.25) is 0 Å². The van der Waals surface area contributed by atoms with Gasteiger partial charge in [-0.2, -0.15) is 0 Å². The van der Waals surface area contributed by atoms with Crippen LogP contribution in [0.5, 0.6) is 0 Å². The number of carbonyl (C=O) groups excluding carboxylic acids is 2. The van der Waals surface area contributed by atoms with Crippen LogP contribution in [-0.2, 0) is 11.3 Å². The van der Waals surface area contributed by atoms with Crippen LogP contribution in [-0.4, -0.2) is 46.8 Å². The van der Waals surface area contributed by atoms with E-state index in [0.717, 1.165) is 48.6 Å². The van der Waals surface area contributed by atoms with Gasteiger partial charge in [-0.25, -0.2) is 0 Å². The van der Waals surface area contributed by atoms with Crippen molar-refractivity contribution in [2.75, 3.05) is 25.5 Å². The molecule has 0 saturated heterocycles. The van der Waals surface area contributed by atoms with Crippen LogP contribution in [0.1, 0.15) is 46.6 Å². The second kappa shape index (κ2) is 7.52. The van der Waals surface area contributed by atoms with E-state index in [1.165, 1.54) is 5.57 Å². The first-order valence-corrected chi connectivity index (χ1v) is 9.44. The van der Waals surface area contributed by atoms with E-state index in [1.54, 1.807) is 19.3 Å². The second-order valence-electron chi connectivity index (χ2n) is 7.21. The fourth-order valence-corrected chi connectivity index (χ4v) is 3.64. The summed E-state index contributed by atoms with van der Waals surface area (Å²) in [5.74, 6) is -0.335. The SMILES string of the molecule is CNC(=O)c1ccc(C2=CCN(Cc3cnc4c(c3)NC(=O)C4C)CC2)cn1. The minimum Gasteiger partial charge on any atom is -0.354 e. The van der Waals surface area contributed by atoms with E-state index >= 15 is 0 Å². The van der Waals surface area contributed by atoms with Gasteiger partial charge in [0.2, 0.25) is 5.91 Å². The highest BCUT2D eigenvalue weighted by molar-refractivity contribution is 6.01. The molecule has 2 amide bonds. The molecule has 1 atom stereocenters. The first-order chi connectivity index (χ1) is 13.5. The monoisotopic (exact) mass is 377 g/mol. The van der Waals surface area contributed by atoms with Crippen LogP contribution in [0, 0.1) is 0 Å². The minimum absolute atomic E-state index is 0.0150. The Kier molecular flexibility index (Phi) is 4.92. The van der Waals surface area contributed by atoms with Gasteiger partial charge in [-0.05, 0) is 42.2 Å². The summed E-state index contributed by atoms with van der Waals surface area (Å²) in [6.45, 7) is 4.44. The molecule has 2 aliphatic rings. The van der Waals surface area contributed by atoms with Gasteiger partial charge in [0.1, 0.15) is 5.69 Å². The lowest BCUT2D eigenvalue weighted by molar-refractivity contribution is -0.116. The molecule has 2 aromatic rings. The van der Waals surface area contributed by atoms with Gasteiger partial charge in [-0.15, -0.1) is 0 Å². The fourth-order valence-electron chi connectivity index (χ4n) is 3.64. The first kappa shape index (κ1) is 18.3. The molecule has 144 valence electrons. The van der Waals surface area contributed by atoms with Gasteiger partial charge in [0.15, 0.2) is 0 Å². The Labute approximate surface area is 163 Å². The molecular formula is C21H23N5O2. The van der Waals surface area contributed by atoms with Gasteiger partial charge < -0.3 is 10.6 Å². The average molecular weight is 377 g/mol. The van der Waals surface area contributed by atoms with Crippen molar-refractivity contribution in [1.29, 1.82) is 0 Å². The lowest BCUT2D eigenvalue weighted by atomic mass is 10.0. The number of carbonyl (C=O) groups is 2. The highest BCUT2D eigenvalue weighted by atomic mass is 16.2. The Morgan fingerprint density at radius 3 is 2.86 bits per heavy atom. The molecule has 4 rings (SSSR count). The molecule has 0 saturated carbocycles. The van der Waals surface area contributed by atoms with Crippen molar-refractivity contribution in [3.05, 3.63) is 59.2 Å². The molecule has 28 heavy (non-hydrogen) atoms. The number of hydrogen-bond donors (Lipinski definition) is 2. The largest absolute Gasteiger partial charge is 0.354 e. The van der Waals surface area contributed by atoms with Crippen molar-refractivity contribution in [2.24, 2.45) is 0 Å². The molecule has 7 nitrogen and oxygen atoms in total. The van der Waals surface area contributed by atoms with Gasteiger partial charge in [-0.3, -0.25) is 24.5 Å². The van der Waals surface area contributed by atoms with Gasteiger partial charge in [-0.1, -0.05) is 12.1 Å². The van der Waals surface area contributed by atoms with E-state index < -0.39 is 0 Å². The van der Waals surface area contributed by atoms with E-state index in [4.69, 9.17) is 0 Å². The Balaban J connectivity index is 1.40. The zero-order chi connectivity index (χ0) is 19.7. The molecule has 0 bridgehead atoms. The topological polar surface area (TPSA) is 87.2 Å². The fraction of sp³-hybridized carbons (Fsp3) is 0.333. The maximum Gasteiger partial charge on any atom is 0.269 e. The third kappa shape index (κ3) is 3.53. The molecule has 1 unspecified atom stereocenters. The van der Waals surface area contributed by atoms with Crippen LogP contribution in [0.4, 0.5) is 5.69 Å². The predicted octanol–water partition coefficient (Wildman–Crippen LogP) is 2.18. The lowest BCUT2D eigenvalue weighted by Crippen LogP contribution is -2.28. The summed E-state index contributed by atoms with van der Waals surface area (Å²) in [5, 5.41) is 5.48. The Morgan fingerprint density at radius 1 is 1.32 bits per heavy atom. The van der Waals surface area contributed by atoms with Crippen molar-refractivity contribution in [2.45, 2.75) is 25.8 Å². The molecule has 7 heteroatoms. The van der Waals surface area contributed by atoms with Crippen LogP contribution >= 0.6 is 0 Å². The highest BCUT2D eigenvalue weighted by Gasteiger charge is 2.28. The Bertz CT molecular complexity index is 952. The van der Waals surface area contributed by atoms with E-state index in [9.17, 15) is 9.59 Å². The third-order valence-electron chi connectivity index (χ3n) is 5.33. The molecule has 0 radical (unpaired) electrons. The van der Waals surface area contributed by atoms with Crippen molar-refractivity contribution in [1.82, 2.24) is 20.2 Å². The quantitative estimate of drug-likeness (QED) is 0.853. The van der Waals surface area contributed by atoms with E-state index in [2.05, 4.69) is 31.6 Å². The van der Waals surface area contributed by atoms with Crippen LogP contribution < -0.4 is 10.6 Å². The summed E-state index contributed by atoms with van der Waals surface area (Å²) in [4.78, 5) is 34.5. The average Bonchev–Trinajstić information content (AvgIpc) is 3.01. The van der Waals surface area contributed by atoms with Gasteiger partial charge in [0.25, 0.3) is 5.91 Å². The van der Waals surface area contributed by atoms with Gasteiger partial charge >= 0.3 is 0 Å². The normalized spacial score (nSPS) is 19.0. The summed E-state index contributed by atoms with van der Waals surface area (Å²) in [7, 11) is 1.60. The van der Waals surface area contributed by atoms with Crippen LogP contribution in [0.3, 0.4) is 0 Å². The summed E-state index contributed by atoms with van der Waals surface area (Å²) >= 11 is 0. The molecule has 2 aromatic heterocycles. The van der Waals surface area contributed by atoms with E-state index in [0.29, 0.717) is 5.69 Å². The minimum atomic E-state index is -0.177. The molecule has 0 aromatic carbocycles. The molecule has 0 fully saturated rings. The standard InChI is InChI=1S/C21H23N5O2/c1-13-19-18(25-20(13)27)9-14(10-24-19)12-26-7-5-15(6-8-26)16-3-4-17(23-11-16)21(28)22-2/h3-5,9-11,13H,6-8,12H2,1-2H3,(H,22,28)(H,25,27). The third-order valence-corrected chi connectivity index (χ3v) is 5.33. The maximum atomic E-state index is 11.8. The number of anilines is 1. The lowest BCUT2D eigenvalue weighted by Gasteiger charge is -2.26. The van der Waals surface area contributed by atoms with Gasteiger partial charge in [0.05, 0.1) is 17.3 Å². The smallest absolute Gasteiger partial charge is 0.269 e. The molecular weight excluding hydrogens is 354 g/mol. The number of aromatic nitrogens is 2. The van der Waals surface area contributed by atoms with Crippen molar-refractivity contribution in [3.63, 3.8) is 0 Å². The highest BCUT2D eigenvalue weighted by Crippen LogP contribution is 2.31. The number of pyridine rings is 2. The summed E-state index contributed by atoms with van der Waals surface area (Å²) < 4.78 is 0. The zero-order valence-electron chi connectivity index (χ0n) is 16.0. The number of nitrogens with one attached hydrogen (secondary N) is 2. The van der Waals surface area contributed by atoms with Crippen molar-refractivity contribution in [3.8, 4) is 0 Å². The summed E-state index contributed by atoms with van der Waals surface area (Å²) in [5.41, 5.74) is 5.51. The van der Waals surface area contributed by atoms with Gasteiger partial charge in [0, 0.05) is 39.1 Å². The molecule has 0 aliphatic carbocycles. The number of hydrogen-bond acceptors (Lipinski definition) is 5. The number of rotatable bonds is 4. The van der Waals surface area contributed by atoms with E-state index in [1.807, 2.05) is 25.3 Å². The first-order valence-electron chi connectivity index (χ1n) is 9.44. The van der Waals surface area contributed by atoms with Crippen LogP contribution in [0.25, 0.3) is 5.57 Å². The van der Waals surface area contributed by atoms with Crippen molar-refractivity contribution < 1.29 is 9.59 Å². The molecule has 4 heterocycles. The predicted molar refractivity (Wildman–Crippen MR) is 107 cm³/mol. The molecule has 2 aliphatic heterocycles. The molecule has 0 spiro atoms. The Hall–Kier alpha value is -3.06. The Morgan fingerprint density at radius 2 is 2.18 bits per heavy atom. The maximum absolute atomic E-state index is 11.8. The van der Waals surface area contributed by atoms with E-state index in [-0.39, 0.29) is 17.7 Å². The zero-order valence-corrected chi connectivity index (χ0v) is 16.0. The molecule has 2 N–H and O–H groups in total.